The highest BCUT2D eigenvalue weighted by Crippen LogP contribution is 2.39. The molecule has 168 valence electrons. The number of aromatic nitrogens is 2. The van der Waals surface area contributed by atoms with Gasteiger partial charge in [0, 0.05) is 32.9 Å². The maximum absolute atomic E-state index is 14.2. The SMILES string of the molecule is O=c1c2ccccc2c2cc3c4ccccc4c(=O)n4c3c3c2n1-c1cccc2c1B3c1c-2cccc1-4. The molecule has 3 aliphatic heterocycles. The first-order valence-corrected chi connectivity index (χ1v) is 12.6. The molecule has 2 aromatic heterocycles. The van der Waals surface area contributed by atoms with Crippen molar-refractivity contribution in [1.29, 1.82) is 0 Å². The second-order valence-corrected chi connectivity index (χ2v) is 10.4. The standard InChI is InChI=1S/C32H15BN2O2/c36-31-20-9-3-1-7-16(20)22-15-23-17-8-2-4-10-21(17)32(37)35-25-14-6-12-19-18-11-5-13-24-26(18)33(27(19)25)28(30(23)35)29(22)34(24)31/h1-15H. The summed E-state index contributed by atoms with van der Waals surface area (Å²) in [5, 5.41) is 5.43. The molecule has 10 rings (SSSR count). The summed E-state index contributed by atoms with van der Waals surface area (Å²) in [5.41, 5.74) is 9.47. The topological polar surface area (TPSA) is 44.0 Å². The summed E-state index contributed by atoms with van der Waals surface area (Å²) in [7, 11) is 0. The molecule has 5 aromatic carbocycles. The Kier molecular flexibility index (Phi) is 2.85. The number of hydrogen-bond donors (Lipinski definition) is 0. The fourth-order valence-electron chi connectivity index (χ4n) is 7.57. The molecule has 4 nitrogen and oxygen atoms in total. The smallest absolute Gasteiger partial charge is 0.263 e. The minimum atomic E-state index is -0.0120. The zero-order chi connectivity index (χ0) is 24.2. The fraction of sp³-hybridized carbons (Fsp3) is 0. The van der Waals surface area contributed by atoms with Crippen molar-refractivity contribution in [2.45, 2.75) is 0 Å². The second-order valence-electron chi connectivity index (χ2n) is 10.4. The lowest BCUT2D eigenvalue weighted by Gasteiger charge is -2.33. The molecule has 0 radical (unpaired) electrons. The van der Waals surface area contributed by atoms with Gasteiger partial charge in [-0.25, -0.2) is 0 Å². The molecule has 0 amide bonds. The highest BCUT2D eigenvalue weighted by molar-refractivity contribution is 7.03. The van der Waals surface area contributed by atoms with Gasteiger partial charge in [-0.15, -0.1) is 0 Å². The van der Waals surface area contributed by atoms with E-state index in [1.807, 2.05) is 45.5 Å². The number of hydrogen-bond acceptors (Lipinski definition) is 2. The number of rotatable bonds is 0. The highest BCUT2D eigenvalue weighted by Gasteiger charge is 2.46. The lowest BCUT2D eigenvalue weighted by Crippen LogP contribution is -2.59. The predicted octanol–water partition coefficient (Wildman–Crippen LogP) is 3.72. The van der Waals surface area contributed by atoms with Crippen molar-refractivity contribution in [2.24, 2.45) is 0 Å². The van der Waals surface area contributed by atoms with E-state index in [-0.39, 0.29) is 17.8 Å². The average molecular weight is 470 g/mol. The Labute approximate surface area is 209 Å². The van der Waals surface area contributed by atoms with Gasteiger partial charge in [0.25, 0.3) is 17.8 Å². The summed E-state index contributed by atoms with van der Waals surface area (Å²) < 4.78 is 3.84. The van der Waals surface area contributed by atoms with Gasteiger partial charge in [0.1, 0.15) is 0 Å². The third kappa shape index (κ3) is 1.80. The maximum Gasteiger partial charge on any atom is 0.263 e. The van der Waals surface area contributed by atoms with Crippen LogP contribution in [0.15, 0.2) is 101 Å². The van der Waals surface area contributed by atoms with E-state index in [0.29, 0.717) is 10.8 Å². The third-order valence-electron chi connectivity index (χ3n) is 8.86. The minimum absolute atomic E-state index is 0.00951. The molecule has 0 spiro atoms. The van der Waals surface area contributed by atoms with Crippen LogP contribution in [-0.2, 0) is 0 Å². The molecule has 0 fully saturated rings. The van der Waals surface area contributed by atoms with Crippen molar-refractivity contribution < 1.29 is 0 Å². The Balaban J connectivity index is 1.66. The number of pyridine rings is 2. The minimum Gasteiger partial charge on any atom is -0.277 e. The van der Waals surface area contributed by atoms with Crippen LogP contribution in [0.4, 0.5) is 0 Å². The highest BCUT2D eigenvalue weighted by atomic mass is 16.1. The monoisotopic (exact) mass is 470 g/mol. The molecule has 0 saturated heterocycles. The van der Waals surface area contributed by atoms with E-state index in [9.17, 15) is 9.59 Å². The van der Waals surface area contributed by atoms with Gasteiger partial charge in [-0.1, -0.05) is 60.7 Å². The van der Waals surface area contributed by atoms with E-state index in [2.05, 4.69) is 54.6 Å². The van der Waals surface area contributed by atoms with E-state index in [1.165, 1.54) is 10.9 Å². The quantitative estimate of drug-likeness (QED) is 0.193. The van der Waals surface area contributed by atoms with E-state index in [4.69, 9.17) is 0 Å². The van der Waals surface area contributed by atoms with Crippen LogP contribution < -0.4 is 27.5 Å². The van der Waals surface area contributed by atoms with Gasteiger partial charge in [-0.05, 0) is 68.6 Å². The van der Waals surface area contributed by atoms with Crippen molar-refractivity contribution in [3.05, 3.63) is 112 Å². The van der Waals surface area contributed by atoms with Crippen molar-refractivity contribution in [1.82, 2.24) is 9.13 Å². The maximum atomic E-state index is 14.2. The van der Waals surface area contributed by atoms with Crippen LogP contribution in [0.3, 0.4) is 0 Å². The Bertz CT molecular complexity index is 2250. The van der Waals surface area contributed by atoms with Crippen molar-refractivity contribution in [3.8, 4) is 22.5 Å². The second kappa shape index (κ2) is 5.74. The van der Waals surface area contributed by atoms with Gasteiger partial charge < -0.3 is 0 Å². The molecular formula is C32H15BN2O2. The summed E-state index contributed by atoms with van der Waals surface area (Å²) in [6.45, 7) is -0.00951. The number of nitrogens with zero attached hydrogens (tertiary/aromatic N) is 2. The third-order valence-corrected chi connectivity index (χ3v) is 8.86. The molecule has 0 bridgehead atoms. The molecule has 0 N–H and O–H groups in total. The van der Waals surface area contributed by atoms with Crippen LogP contribution >= 0.6 is 0 Å². The van der Waals surface area contributed by atoms with Crippen LogP contribution in [0, 0.1) is 0 Å². The van der Waals surface area contributed by atoms with Crippen molar-refractivity contribution in [3.63, 3.8) is 0 Å². The summed E-state index contributed by atoms with van der Waals surface area (Å²) in [6.07, 6.45) is 0. The normalized spacial score (nSPS) is 13.6. The van der Waals surface area contributed by atoms with Crippen LogP contribution in [0.5, 0.6) is 0 Å². The first-order chi connectivity index (χ1) is 18.2. The first kappa shape index (κ1) is 18.4. The number of benzene rings is 5. The molecular weight excluding hydrogens is 455 g/mol. The van der Waals surface area contributed by atoms with Gasteiger partial charge >= 0.3 is 0 Å². The lowest BCUT2D eigenvalue weighted by atomic mass is 9.36. The summed E-state index contributed by atoms with van der Waals surface area (Å²) in [6, 6.07) is 30.6. The van der Waals surface area contributed by atoms with E-state index >= 15 is 0 Å². The van der Waals surface area contributed by atoms with E-state index in [0.717, 1.165) is 60.5 Å². The Morgan fingerprint density at radius 3 is 1.41 bits per heavy atom. The first-order valence-electron chi connectivity index (χ1n) is 12.6. The molecule has 7 aromatic rings. The zero-order valence-electron chi connectivity index (χ0n) is 19.4. The molecule has 0 unspecified atom stereocenters. The number of fused-ring (bicyclic) bond motifs is 7. The molecule has 0 saturated carbocycles. The largest absolute Gasteiger partial charge is 0.277 e. The van der Waals surface area contributed by atoms with Gasteiger partial charge in [0.15, 0.2) is 0 Å². The summed E-state index contributed by atoms with van der Waals surface area (Å²) in [4.78, 5) is 28.3. The zero-order valence-corrected chi connectivity index (χ0v) is 19.4. The van der Waals surface area contributed by atoms with E-state index in [1.54, 1.807) is 0 Å². The van der Waals surface area contributed by atoms with Crippen molar-refractivity contribution >= 4 is 66.5 Å². The van der Waals surface area contributed by atoms with E-state index < -0.39 is 0 Å². The van der Waals surface area contributed by atoms with Crippen LogP contribution in [0.25, 0.3) is 65.9 Å². The molecule has 0 aliphatic carbocycles. The predicted molar refractivity (Wildman–Crippen MR) is 151 cm³/mol. The summed E-state index contributed by atoms with van der Waals surface area (Å²) in [5.74, 6) is 0. The Hall–Kier alpha value is -4.90. The summed E-state index contributed by atoms with van der Waals surface area (Å²) >= 11 is 0. The molecule has 0 atom stereocenters. The molecule has 5 heteroatoms. The molecule has 37 heavy (non-hydrogen) atoms. The van der Waals surface area contributed by atoms with Gasteiger partial charge in [0.05, 0.1) is 11.0 Å². The molecule has 5 heterocycles. The van der Waals surface area contributed by atoms with Crippen LogP contribution in [-0.4, -0.2) is 15.8 Å². The van der Waals surface area contributed by atoms with Gasteiger partial charge in [-0.3, -0.25) is 18.7 Å². The Morgan fingerprint density at radius 1 is 0.459 bits per heavy atom. The van der Waals surface area contributed by atoms with Crippen LogP contribution in [0.2, 0.25) is 0 Å². The van der Waals surface area contributed by atoms with Gasteiger partial charge in [0.2, 0.25) is 0 Å². The molecule has 3 aliphatic rings. The van der Waals surface area contributed by atoms with Gasteiger partial charge in [-0.2, -0.15) is 0 Å². The average Bonchev–Trinajstić information content (AvgIpc) is 3.29. The van der Waals surface area contributed by atoms with Crippen LogP contribution in [0.1, 0.15) is 0 Å². The lowest BCUT2D eigenvalue weighted by molar-refractivity contribution is 1.05. The fourth-order valence-corrected chi connectivity index (χ4v) is 7.57. The van der Waals surface area contributed by atoms with Crippen molar-refractivity contribution in [2.75, 3.05) is 0 Å². The Morgan fingerprint density at radius 2 is 0.919 bits per heavy atom.